The van der Waals surface area contributed by atoms with Crippen LogP contribution in [0.5, 0.6) is 0 Å². The van der Waals surface area contributed by atoms with Gasteiger partial charge in [-0.05, 0) is 25.1 Å². The molecule has 3 rings (SSSR count). The Kier molecular flexibility index (Phi) is 3.97. The summed E-state index contributed by atoms with van der Waals surface area (Å²) in [6.07, 6.45) is 3.42. The molecule has 1 aromatic carbocycles. The van der Waals surface area contributed by atoms with Gasteiger partial charge >= 0.3 is 0 Å². The fraction of sp³-hybridized carbons (Fsp3) is 0.294. The van der Waals surface area contributed by atoms with Gasteiger partial charge in [-0.25, -0.2) is 4.98 Å². The van der Waals surface area contributed by atoms with Gasteiger partial charge in [0, 0.05) is 37.1 Å². The van der Waals surface area contributed by atoms with Gasteiger partial charge in [0.2, 0.25) is 5.91 Å². The van der Waals surface area contributed by atoms with E-state index in [9.17, 15) is 4.79 Å². The van der Waals surface area contributed by atoms with E-state index in [1.54, 1.807) is 12.2 Å². The van der Waals surface area contributed by atoms with E-state index >= 15 is 0 Å². The van der Waals surface area contributed by atoms with Crippen LogP contribution in [0.3, 0.4) is 0 Å². The number of benzene rings is 1. The molecule has 1 atom stereocenters. The molecule has 0 spiro atoms. The van der Waals surface area contributed by atoms with Crippen molar-refractivity contribution in [3.63, 3.8) is 0 Å². The van der Waals surface area contributed by atoms with Crippen molar-refractivity contribution < 1.29 is 4.79 Å². The summed E-state index contributed by atoms with van der Waals surface area (Å²) in [6.45, 7) is 4.54. The van der Waals surface area contributed by atoms with Gasteiger partial charge in [-0.2, -0.15) is 0 Å². The standard InChI is InChI=1S/C17H19N3O/c1-13-12-18-10-11-20(13)17(21)9-8-15-7-6-14-4-2-3-5-16(14)19-15/h2-9,13,18H,10-12H2,1H3. The maximum Gasteiger partial charge on any atom is 0.246 e. The summed E-state index contributed by atoms with van der Waals surface area (Å²) in [7, 11) is 0. The van der Waals surface area contributed by atoms with Crippen LogP contribution >= 0.6 is 0 Å². The second-order valence-electron chi connectivity index (χ2n) is 5.35. The Morgan fingerprint density at radius 1 is 1.33 bits per heavy atom. The smallest absolute Gasteiger partial charge is 0.246 e. The lowest BCUT2D eigenvalue weighted by molar-refractivity contribution is -0.128. The molecule has 1 fully saturated rings. The van der Waals surface area contributed by atoms with Crippen LogP contribution in [0.4, 0.5) is 0 Å². The molecule has 0 radical (unpaired) electrons. The second-order valence-corrected chi connectivity index (χ2v) is 5.35. The summed E-state index contributed by atoms with van der Waals surface area (Å²) in [6, 6.07) is 12.2. The first-order valence-corrected chi connectivity index (χ1v) is 7.29. The van der Waals surface area contributed by atoms with Crippen LogP contribution in [-0.4, -0.2) is 41.5 Å². The molecule has 0 saturated carbocycles. The number of carbonyl (C=O) groups excluding carboxylic acids is 1. The Balaban J connectivity index is 1.76. The quantitative estimate of drug-likeness (QED) is 0.857. The maximum atomic E-state index is 12.2. The minimum absolute atomic E-state index is 0.0546. The van der Waals surface area contributed by atoms with E-state index in [-0.39, 0.29) is 11.9 Å². The zero-order valence-electron chi connectivity index (χ0n) is 12.1. The second kappa shape index (κ2) is 6.06. The van der Waals surface area contributed by atoms with Crippen molar-refractivity contribution in [3.05, 3.63) is 48.2 Å². The number of para-hydroxylation sites is 1. The molecule has 1 N–H and O–H groups in total. The lowest BCUT2D eigenvalue weighted by atomic mass is 10.2. The molecule has 21 heavy (non-hydrogen) atoms. The number of aromatic nitrogens is 1. The van der Waals surface area contributed by atoms with Gasteiger partial charge in [0.25, 0.3) is 0 Å². The summed E-state index contributed by atoms with van der Waals surface area (Å²) in [4.78, 5) is 18.7. The van der Waals surface area contributed by atoms with E-state index in [1.807, 2.05) is 41.3 Å². The molecule has 2 aromatic rings. The fourth-order valence-electron chi connectivity index (χ4n) is 2.60. The summed E-state index contributed by atoms with van der Waals surface area (Å²) in [5, 5.41) is 4.39. The molecule has 4 heteroatoms. The zero-order valence-corrected chi connectivity index (χ0v) is 12.1. The lowest BCUT2D eigenvalue weighted by Gasteiger charge is -2.33. The Bertz CT molecular complexity index is 681. The third-order valence-electron chi connectivity index (χ3n) is 3.80. The molecular weight excluding hydrogens is 262 g/mol. The predicted octanol–water partition coefficient (Wildman–Crippen LogP) is 2.07. The van der Waals surface area contributed by atoms with Gasteiger partial charge in [-0.1, -0.05) is 24.3 Å². The maximum absolute atomic E-state index is 12.2. The number of hydrogen-bond donors (Lipinski definition) is 1. The first-order valence-electron chi connectivity index (χ1n) is 7.29. The Morgan fingerprint density at radius 2 is 2.19 bits per heavy atom. The number of piperazine rings is 1. The van der Waals surface area contributed by atoms with Crippen molar-refractivity contribution in [1.82, 2.24) is 15.2 Å². The number of nitrogens with zero attached hydrogens (tertiary/aromatic N) is 2. The van der Waals surface area contributed by atoms with Crippen LogP contribution in [-0.2, 0) is 4.79 Å². The van der Waals surface area contributed by atoms with Crippen molar-refractivity contribution in [2.24, 2.45) is 0 Å². The van der Waals surface area contributed by atoms with Gasteiger partial charge < -0.3 is 10.2 Å². The van der Waals surface area contributed by atoms with Crippen LogP contribution in [0.1, 0.15) is 12.6 Å². The highest BCUT2D eigenvalue weighted by molar-refractivity contribution is 5.92. The van der Waals surface area contributed by atoms with E-state index in [4.69, 9.17) is 0 Å². The average Bonchev–Trinajstić information content (AvgIpc) is 2.53. The van der Waals surface area contributed by atoms with Crippen LogP contribution in [0.2, 0.25) is 0 Å². The molecule has 2 heterocycles. The van der Waals surface area contributed by atoms with E-state index < -0.39 is 0 Å². The third-order valence-corrected chi connectivity index (χ3v) is 3.80. The molecule has 1 saturated heterocycles. The third kappa shape index (κ3) is 3.11. The minimum atomic E-state index is 0.0546. The van der Waals surface area contributed by atoms with Crippen LogP contribution < -0.4 is 5.32 Å². The molecule has 1 amide bonds. The van der Waals surface area contributed by atoms with E-state index in [0.29, 0.717) is 0 Å². The van der Waals surface area contributed by atoms with Crippen LogP contribution in [0.25, 0.3) is 17.0 Å². The topological polar surface area (TPSA) is 45.2 Å². The molecule has 1 aromatic heterocycles. The van der Waals surface area contributed by atoms with Gasteiger partial charge in [0.1, 0.15) is 0 Å². The molecule has 4 nitrogen and oxygen atoms in total. The van der Waals surface area contributed by atoms with Crippen molar-refractivity contribution in [3.8, 4) is 0 Å². The number of fused-ring (bicyclic) bond motifs is 1. The number of nitrogens with one attached hydrogen (secondary N) is 1. The normalized spacial score (nSPS) is 19.3. The van der Waals surface area contributed by atoms with Crippen molar-refractivity contribution in [2.45, 2.75) is 13.0 Å². The van der Waals surface area contributed by atoms with E-state index in [0.717, 1.165) is 36.2 Å². The molecule has 0 bridgehead atoms. The molecular formula is C17H19N3O. The summed E-state index contributed by atoms with van der Waals surface area (Å²) < 4.78 is 0. The Labute approximate surface area is 124 Å². The Morgan fingerprint density at radius 3 is 3.05 bits per heavy atom. The predicted molar refractivity (Wildman–Crippen MR) is 84.8 cm³/mol. The number of pyridine rings is 1. The van der Waals surface area contributed by atoms with E-state index in [1.165, 1.54) is 0 Å². The number of carbonyl (C=O) groups is 1. The summed E-state index contributed by atoms with van der Waals surface area (Å²) in [5.74, 6) is 0.0546. The zero-order chi connectivity index (χ0) is 14.7. The highest BCUT2D eigenvalue weighted by atomic mass is 16.2. The van der Waals surface area contributed by atoms with Gasteiger partial charge in [0.05, 0.1) is 11.2 Å². The van der Waals surface area contributed by atoms with Crippen molar-refractivity contribution in [1.29, 1.82) is 0 Å². The molecule has 0 aliphatic carbocycles. The lowest BCUT2D eigenvalue weighted by Crippen LogP contribution is -2.51. The van der Waals surface area contributed by atoms with Gasteiger partial charge in [-0.15, -0.1) is 0 Å². The number of amides is 1. The van der Waals surface area contributed by atoms with Crippen LogP contribution in [0, 0.1) is 0 Å². The first-order chi connectivity index (χ1) is 10.2. The van der Waals surface area contributed by atoms with Gasteiger partial charge in [-0.3, -0.25) is 4.79 Å². The summed E-state index contributed by atoms with van der Waals surface area (Å²) in [5.41, 5.74) is 1.76. The molecule has 1 aliphatic rings. The van der Waals surface area contributed by atoms with Crippen molar-refractivity contribution in [2.75, 3.05) is 19.6 Å². The number of rotatable bonds is 2. The summed E-state index contributed by atoms with van der Waals surface area (Å²) >= 11 is 0. The highest BCUT2D eigenvalue weighted by Crippen LogP contribution is 2.13. The monoisotopic (exact) mass is 281 g/mol. The highest BCUT2D eigenvalue weighted by Gasteiger charge is 2.20. The Hall–Kier alpha value is -2.20. The average molecular weight is 281 g/mol. The van der Waals surface area contributed by atoms with Crippen molar-refractivity contribution >= 4 is 22.9 Å². The molecule has 1 unspecified atom stereocenters. The van der Waals surface area contributed by atoms with Gasteiger partial charge in [0.15, 0.2) is 0 Å². The minimum Gasteiger partial charge on any atom is -0.334 e. The fourth-order valence-corrected chi connectivity index (χ4v) is 2.60. The number of hydrogen-bond acceptors (Lipinski definition) is 3. The largest absolute Gasteiger partial charge is 0.334 e. The first kappa shape index (κ1) is 13.8. The molecule has 1 aliphatic heterocycles. The van der Waals surface area contributed by atoms with E-state index in [2.05, 4.69) is 17.2 Å². The molecule has 108 valence electrons. The van der Waals surface area contributed by atoms with Crippen LogP contribution in [0.15, 0.2) is 42.5 Å². The SMILES string of the molecule is CC1CNCCN1C(=O)C=Cc1ccc2ccccc2n1.